The van der Waals surface area contributed by atoms with Crippen molar-refractivity contribution >= 4 is 33.4 Å². The highest BCUT2D eigenvalue weighted by molar-refractivity contribution is 7.61. The topological polar surface area (TPSA) is 286 Å². The van der Waals surface area contributed by atoms with Crippen LogP contribution in [0.4, 0.5) is 5.82 Å². The molecule has 1 aromatic heterocycles. The molecule has 2 rings (SSSR count). The molecule has 0 radical (unpaired) electrons. The number of carbonyl (C=O) groups is 2. The molecule has 21 heteroatoms. The number of hydrogen-bond donors (Lipinski definition) is 6. The summed E-state index contributed by atoms with van der Waals surface area (Å²) >= 11 is 0. The number of anilines is 1. The predicted octanol–water partition coefficient (Wildman–Crippen LogP) is 9.38. The lowest BCUT2D eigenvalue weighted by atomic mass is 10.0. The molecule has 1 aliphatic heterocycles. The van der Waals surface area contributed by atoms with Crippen LogP contribution in [0.15, 0.2) is 65.7 Å². The van der Waals surface area contributed by atoms with Crippen molar-refractivity contribution in [3.63, 3.8) is 0 Å². The van der Waals surface area contributed by atoms with Gasteiger partial charge in [-0.05, 0) is 50.5 Å². The van der Waals surface area contributed by atoms with Crippen molar-refractivity contribution in [2.75, 3.05) is 25.6 Å². The first kappa shape index (κ1) is 63.8. The molecule has 0 saturated carbocycles. The number of nitrogen functional groups attached to an aromatic ring is 1. The molecule has 0 aromatic carbocycles. The average molecular weight is 1050 g/mol. The smallest absolute Gasteiger partial charge is 0.462 e. The van der Waals surface area contributed by atoms with Gasteiger partial charge in [0.2, 0.25) is 0 Å². The molecule has 0 bridgehead atoms. The lowest BCUT2D eigenvalue weighted by Crippen LogP contribution is -2.36. The van der Waals surface area contributed by atoms with Crippen LogP contribution in [0.5, 0.6) is 0 Å². The van der Waals surface area contributed by atoms with Crippen molar-refractivity contribution in [2.45, 2.75) is 205 Å². The van der Waals surface area contributed by atoms with Gasteiger partial charge in [0.15, 0.2) is 12.3 Å². The Bertz CT molecular complexity index is 1910. The van der Waals surface area contributed by atoms with Crippen LogP contribution in [0.3, 0.4) is 0 Å². The molecule has 1 fully saturated rings. The van der Waals surface area contributed by atoms with E-state index >= 15 is 0 Å². The van der Waals surface area contributed by atoms with Gasteiger partial charge in [-0.25, -0.2) is 13.9 Å². The van der Waals surface area contributed by atoms with E-state index in [-0.39, 0.29) is 18.7 Å². The first-order valence-corrected chi connectivity index (χ1v) is 28.6. The Hall–Kier alpha value is -3.32. The number of unbranched alkanes of at least 4 members (excludes halogenated alkanes) is 14. The fourth-order valence-electron chi connectivity index (χ4n) is 7.42. The first-order chi connectivity index (χ1) is 33.9. The number of phosphoric ester groups is 2. The molecule has 2 unspecified atom stereocenters. The van der Waals surface area contributed by atoms with Gasteiger partial charge >= 0.3 is 33.3 Å². The van der Waals surface area contributed by atoms with Crippen LogP contribution in [-0.2, 0) is 46.3 Å². The van der Waals surface area contributed by atoms with Crippen LogP contribution in [0.1, 0.15) is 175 Å². The summed E-state index contributed by atoms with van der Waals surface area (Å²) in [6.07, 6.45) is 29.6. The minimum atomic E-state index is -5.44. The van der Waals surface area contributed by atoms with Crippen LogP contribution in [0, 0.1) is 5.92 Å². The summed E-state index contributed by atoms with van der Waals surface area (Å²) in [4.78, 5) is 61.9. The van der Waals surface area contributed by atoms with Crippen LogP contribution in [0.25, 0.3) is 0 Å². The Morgan fingerprint density at radius 2 is 1.37 bits per heavy atom. The fourth-order valence-corrected chi connectivity index (χ4v) is 9.53. The van der Waals surface area contributed by atoms with E-state index in [1.807, 2.05) is 42.5 Å². The van der Waals surface area contributed by atoms with Gasteiger partial charge in [0.05, 0.1) is 19.3 Å². The monoisotopic (exact) mass is 1050 g/mol. The quantitative estimate of drug-likeness (QED) is 0.0117. The van der Waals surface area contributed by atoms with E-state index in [1.54, 1.807) is 6.08 Å². The molecule has 0 aliphatic carbocycles. The zero-order chi connectivity index (χ0) is 52.3. The molecule has 1 saturated heterocycles. The van der Waals surface area contributed by atoms with Gasteiger partial charge in [-0.15, -0.1) is 0 Å². The number of esters is 2. The summed E-state index contributed by atoms with van der Waals surface area (Å²) in [6, 6.07) is 1.24. The predicted molar refractivity (Wildman–Crippen MR) is 272 cm³/mol. The van der Waals surface area contributed by atoms with E-state index in [0.717, 1.165) is 74.5 Å². The van der Waals surface area contributed by atoms with Crippen molar-refractivity contribution in [1.29, 1.82) is 0 Å². The fraction of sp³-hybridized carbons (Fsp3) is 0.720. The maximum Gasteiger partial charge on any atom is 0.481 e. The van der Waals surface area contributed by atoms with Crippen LogP contribution in [0.2, 0.25) is 0 Å². The summed E-state index contributed by atoms with van der Waals surface area (Å²) < 4.78 is 56.7. The molecule has 406 valence electrons. The molecule has 19 nitrogen and oxygen atoms in total. The lowest BCUT2D eigenvalue weighted by molar-refractivity contribution is -0.161. The molecule has 1 aliphatic rings. The Morgan fingerprint density at radius 1 is 0.775 bits per heavy atom. The van der Waals surface area contributed by atoms with Crippen molar-refractivity contribution in [3.05, 3.63) is 71.4 Å². The van der Waals surface area contributed by atoms with E-state index in [9.17, 15) is 48.6 Å². The van der Waals surface area contributed by atoms with E-state index in [0.29, 0.717) is 25.7 Å². The Labute approximate surface area is 421 Å². The van der Waals surface area contributed by atoms with Crippen molar-refractivity contribution < 1.29 is 71.4 Å². The summed E-state index contributed by atoms with van der Waals surface area (Å²) in [5.41, 5.74) is 4.58. The highest BCUT2D eigenvalue weighted by Crippen LogP contribution is 2.60. The molecule has 7 N–H and O–H groups in total. The molecule has 0 spiro atoms. The summed E-state index contributed by atoms with van der Waals surface area (Å²) in [6.45, 7) is 4.27. The summed E-state index contributed by atoms with van der Waals surface area (Å²) in [5.74, 6) is -0.625. The molecule has 2 heterocycles. The van der Waals surface area contributed by atoms with E-state index in [4.69, 9.17) is 29.0 Å². The van der Waals surface area contributed by atoms with Crippen LogP contribution in [-0.4, -0.2) is 96.9 Å². The third-order valence-corrected chi connectivity index (χ3v) is 14.1. The normalized spacial score (nSPS) is 20.1. The first-order valence-electron chi connectivity index (χ1n) is 25.6. The van der Waals surface area contributed by atoms with Gasteiger partial charge in [0, 0.05) is 19.0 Å². The van der Waals surface area contributed by atoms with E-state index < -0.39 is 89.8 Å². The molecular weight excluding hydrogens is 961 g/mol. The van der Waals surface area contributed by atoms with E-state index in [1.165, 1.54) is 57.4 Å². The number of aliphatic hydroxyl groups is 3. The largest absolute Gasteiger partial charge is 0.481 e. The highest BCUT2D eigenvalue weighted by atomic mass is 31.3. The van der Waals surface area contributed by atoms with Crippen molar-refractivity contribution in [3.8, 4) is 0 Å². The number of hydrogen-bond acceptors (Lipinski definition) is 16. The van der Waals surface area contributed by atoms with Gasteiger partial charge in [0.1, 0.15) is 30.7 Å². The van der Waals surface area contributed by atoms with Crippen molar-refractivity contribution in [1.82, 2.24) is 9.55 Å². The average Bonchev–Trinajstić information content (AvgIpc) is 3.59. The van der Waals surface area contributed by atoms with Gasteiger partial charge in [-0.3, -0.25) is 23.2 Å². The Morgan fingerprint density at radius 3 is 2.01 bits per heavy atom. The maximum atomic E-state index is 12.9. The van der Waals surface area contributed by atoms with Gasteiger partial charge in [0.25, 0.3) is 0 Å². The Kier molecular flexibility index (Phi) is 33.6. The van der Waals surface area contributed by atoms with Crippen molar-refractivity contribution in [2.24, 2.45) is 5.92 Å². The SMILES string of the molecule is CCCCC[C@@H](O)/C=C/C=C\C/C=C\C/C=C\CCCC(=O)OC[C@H](COP(=O)(O)OP(=O)(O)OC[C@H]1O[C@@H](n2ccc(N)nc2=O)[C@H](O)[C@@H]1O)OC(=O)CCCCCCCCCCCCCCC(C)C. The Balaban J connectivity index is 1.83. The molecule has 0 amide bonds. The number of nitrogens with zero attached hydrogens (tertiary/aromatic N) is 2. The summed E-state index contributed by atoms with van der Waals surface area (Å²) in [5, 5.41) is 30.8. The van der Waals surface area contributed by atoms with Crippen LogP contribution < -0.4 is 11.4 Å². The number of phosphoric acid groups is 2. The third-order valence-electron chi connectivity index (χ3n) is 11.4. The zero-order valence-corrected chi connectivity index (χ0v) is 44.1. The van der Waals surface area contributed by atoms with E-state index in [2.05, 4.69) is 30.1 Å². The number of rotatable bonds is 41. The third kappa shape index (κ3) is 31.1. The highest BCUT2D eigenvalue weighted by Gasteiger charge is 2.46. The minimum absolute atomic E-state index is 0.0299. The molecular formula is C50H85N3O16P2. The summed E-state index contributed by atoms with van der Waals surface area (Å²) in [7, 11) is -10.9. The number of nitrogens with two attached hydrogens (primary N) is 1. The zero-order valence-electron chi connectivity index (χ0n) is 42.3. The van der Waals surface area contributed by atoms with Gasteiger partial charge in [-0.1, -0.05) is 166 Å². The maximum absolute atomic E-state index is 12.9. The molecule has 8 atom stereocenters. The number of allylic oxidation sites excluding steroid dienone is 7. The molecule has 1 aromatic rings. The standard InChI is InChI=1S/C50H85N3O16P2/c1-4-5-25-31-41(54)32-27-22-18-14-10-8-12-15-19-23-28-33-45(55)64-37-42(67-46(56)34-29-24-20-16-11-7-6-9-13-17-21-26-30-40(2)3)38-65-70(60,61)69-71(62,63)66-39-43-47(57)48(58)49(68-43)53-36-35-44(51)52-50(53)59/h8,10,15,18-19,22,27,32,35-36,40-43,47-49,54,57-58H,4-7,9,11-14,16-17,20-21,23-26,28-31,33-34,37-39H2,1-3H3,(H,60,61)(H,62,63)(H2,51,52,59)/b10-8-,19-15-,22-18-,32-27+/t41-,42-,43-,47-,48-,49-/m1/s1. The second kappa shape index (κ2) is 37.4. The minimum Gasteiger partial charge on any atom is -0.462 e. The molecule has 71 heavy (non-hydrogen) atoms. The number of ether oxygens (including phenoxy) is 3. The number of aromatic nitrogens is 2. The van der Waals surface area contributed by atoms with Gasteiger partial charge in [-0.2, -0.15) is 9.29 Å². The van der Waals surface area contributed by atoms with Gasteiger partial charge < -0.3 is 45.1 Å². The lowest BCUT2D eigenvalue weighted by Gasteiger charge is -2.21. The second-order valence-corrected chi connectivity index (χ2v) is 21.4. The number of carbonyl (C=O) groups excluding carboxylic acids is 2. The number of aliphatic hydroxyl groups excluding tert-OH is 3. The van der Waals surface area contributed by atoms with Crippen LogP contribution >= 0.6 is 15.6 Å². The second-order valence-electron chi connectivity index (χ2n) is 18.4.